The Bertz CT molecular complexity index is 1210. The van der Waals surface area contributed by atoms with E-state index in [-0.39, 0.29) is 12.5 Å². The second-order valence-electron chi connectivity index (χ2n) is 7.84. The van der Waals surface area contributed by atoms with Crippen molar-refractivity contribution in [1.82, 2.24) is 10.2 Å². The molecule has 4 rings (SSSR count). The number of carbonyl (C=O) groups is 2. The summed E-state index contributed by atoms with van der Waals surface area (Å²) in [5, 5.41) is 3.52. The number of imide groups is 1. The minimum atomic E-state index is -1.15. The molecule has 1 saturated heterocycles. The molecule has 1 aromatic heterocycles. The van der Waals surface area contributed by atoms with Crippen LogP contribution in [0.1, 0.15) is 34.7 Å². The van der Waals surface area contributed by atoms with Crippen molar-refractivity contribution < 1.29 is 14.0 Å². The van der Waals surface area contributed by atoms with Crippen LogP contribution in [0, 0.1) is 20.8 Å². The number of nitrogens with zero attached hydrogens (tertiary/aromatic N) is 1. The SMILES string of the molecule is Cc1ccc(C2(C)NC(=O)N(Cc3cc(=O)oc4cc(C)c(C)cc34)C2=O)cc1. The average Bonchev–Trinajstić information content (AvgIpc) is 2.88. The summed E-state index contributed by atoms with van der Waals surface area (Å²) in [6.45, 7) is 7.56. The average molecular weight is 390 g/mol. The van der Waals surface area contributed by atoms with Crippen LogP contribution in [-0.2, 0) is 16.9 Å². The van der Waals surface area contributed by atoms with Gasteiger partial charge in [-0.3, -0.25) is 9.69 Å². The van der Waals surface area contributed by atoms with Gasteiger partial charge in [-0.2, -0.15) is 0 Å². The van der Waals surface area contributed by atoms with Gasteiger partial charge in [0.15, 0.2) is 0 Å². The smallest absolute Gasteiger partial charge is 0.336 e. The number of aryl methyl sites for hydroxylation is 3. The third kappa shape index (κ3) is 3.10. The van der Waals surface area contributed by atoms with Crippen molar-refractivity contribution in [3.05, 3.63) is 80.7 Å². The number of urea groups is 1. The van der Waals surface area contributed by atoms with Gasteiger partial charge in [-0.05, 0) is 62.1 Å². The van der Waals surface area contributed by atoms with E-state index < -0.39 is 17.2 Å². The summed E-state index contributed by atoms with van der Waals surface area (Å²) < 4.78 is 5.32. The highest BCUT2D eigenvalue weighted by Crippen LogP contribution is 2.31. The zero-order valence-electron chi connectivity index (χ0n) is 16.8. The Balaban J connectivity index is 1.74. The molecular formula is C23H22N2O4. The summed E-state index contributed by atoms with van der Waals surface area (Å²) in [4.78, 5) is 39.1. The Labute approximate surface area is 168 Å². The van der Waals surface area contributed by atoms with Gasteiger partial charge in [0.25, 0.3) is 5.91 Å². The van der Waals surface area contributed by atoms with Crippen LogP contribution in [0.15, 0.2) is 51.7 Å². The zero-order valence-corrected chi connectivity index (χ0v) is 16.8. The molecule has 1 aliphatic rings. The van der Waals surface area contributed by atoms with Crippen molar-refractivity contribution in [2.75, 3.05) is 0 Å². The zero-order chi connectivity index (χ0) is 20.9. The van der Waals surface area contributed by atoms with Gasteiger partial charge in [0.2, 0.25) is 0 Å². The maximum Gasteiger partial charge on any atom is 0.336 e. The Morgan fingerprint density at radius 1 is 0.966 bits per heavy atom. The summed E-state index contributed by atoms with van der Waals surface area (Å²) in [6.07, 6.45) is 0. The summed E-state index contributed by atoms with van der Waals surface area (Å²) >= 11 is 0. The second-order valence-corrected chi connectivity index (χ2v) is 7.84. The summed E-state index contributed by atoms with van der Waals surface area (Å²) in [7, 11) is 0. The maximum absolute atomic E-state index is 13.2. The van der Waals surface area contributed by atoms with E-state index in [0.717, 1.165) is 27.0 Å². The lowest BCUT2D eigenvalue weighted by molar-refractivity contribution is -0.131. The molecule has 0 aliphatic carbocycles. The third-order valence-corrected chi connectivity index (χ3v) is 5.68. The minimum Gasteiger partial charge on any atom is -0.423 e. The van der Waals surface area contributed by atoms with Crippen molar-refractivity contribution in [2.45, 2.75) is 39.8 Å². The first-order valence-electron chi connectivity index (χ1n) is 9.44. The minimum absolute atomic E-state index is 0.00325. The Morgan fingerprint density at radius 2 is 1.62 bits per heavy atom. The van der Waals surface area contributed by atoms with Gasteiger partial charge in [-0.25, -0.2) is 9.59 Å². The molecule has 1 fully saturated rings. The van der Waals surface area contributed by atoms with Crippen LogP contribution < -0.4 is 10.9 Å². The monoisotopic (exact) mass is 390 g/mol. The number of carbonyl (C=O) groups excluding carboxylic acids is 2. The van der Waals surface area contributed by atoms with Crippen LogP contribution in [0.5, 0.6) is 0 Å². The predicted molar refractivity (Wildman–Crippen MR) is 110 cm³/mol. The van der Waals surface area contributed by atoms with Crippen LogP contribution in [0.2, 0.25) is 0 Å². The van der Waals surface area contributed by atoms with E-state index in [0.29, 0.717) is 16.7 Å². The molecule has 1 N–H and O–H groups in total. The normalized spacial score (nSPS) is 19.1. The van der Waals surface area contributed by atoms with Crippen LogP contribution >= 0.6 is 0 Å². The second kappa shape index (κ2) is 6.58. The first kappa shape index (κ1) is 18.9. The molecular weight excluding hydrogens is 368 g/mol. The van der Waals surface area contributed by atoms with Crippen molar-refractivity contribution in [2.24, 2.45) is 0 Å². The fourth-order valence-electron chi connectivity index (χ4n) is 3.71. The highest BCUT2D eigenvalue weighted by Gasteiger charge is 2.49. The number of hydrogen-bond acceptors (Lipinski definition) is 4. The Kier molecular flexibility index (Phi) is 4.30. The van der Waals surface area contributed by atoms with Gasteiger partial charge in [-0.15, -0.1) is 0 Å². The van der Waals surface area contributed by atoms with Gasteiger partial charge in [0.05, 0.1) is 6.54 Å². The van der Waals surface area contributed by atoms with E-state index in [1.165, 1.54) is 6.07 Å². The standard InChI is InChI=1S/C23H22N2O4/c1-13-5-7-17(8-6-13)23(4)21(27)25(22(28)24-23)12-16-11-20(26)29-19-10-15(3)14(2)9-18(16)19/h5-11H,12H2,1-4H3,(H,24,28). The van der Waals surface area contributed by atoms with E-state index in [1.807, 2.05) is 51.1 Å². The van der Waals surface area contributed by atoms with Gasteiger partial charge < -0.3 is 9.73 Å². The van der Waals surface area contributed by atoms with Crippen molar-refractivity contribution >= 4 is 22.9 Å². The highest BCUT2D eigenvalue weighted by molar-refractivity contribution is 6.07. The molecule has 2 heterocycles. The summed E-state index contributed by atoms with van der Waals surface area (Å²) in [5.74, 6) is -0.350. The van der Waals surface area contributed by atoms with Crippen LogP contribution in [0.3, 0.4) is 0 Å². The molecule has 1 atom stereocenters. The molecule has 0 saturated carbocycles. The van der Waals surface area contributed by atoms with Crippen molar-refractivity contribution in [1.29, 1.82) is 0 Å². The molecule has 0 radical (unpaired) electrons. The summed E-state index contributed by atoms with van der Waals surface area (Å²) in [6, 6.07) is 12.1. The molecule has 3 amide bonds. The summed E-state index contributed by atoms with van der Waals surface area (Å²) in [5.41, 5.74) is 3.19. The topological polar surface area (TPSA) is 79.6 Å². The maximum atomic E-state index is 13.2. The number of hydrogen-bond donors (Lipinski definition) is 1. The van der Waals surface area contributed by atoms with Gasteiger partial charge >= 0.3 is 11.7 Å². The molecule has 1 unspecified atom stereocenters. The lowest BCUT2D eigenvalue weighted by atomic mass is 9.91. The number of benzene rings is 2. The Morgan fingerprint density at radius 3 is 2.31 bits per heavy atom. The number of nitrogens with one attached hydrogen (secondary N) is 1. The number of amides is 3. The van der Waals surface area contributed by atoms with Gasteiger partial charge in [0, 0.05) is 11.5 Å². The molecule has 6 nitrogen and oxygen atoms in total. The van der Waals surface area contributed by atoms with Gasteiger partial charge in [-0.1, -0.05) is 29.8 Å². The fourth-order valence-corrected chi connectivity index (χ4v) is 3.71. The van der Waals surface area contributed by atoms with E-state index in [1.54, 1.807) is 13.0 Å². The van der Waals surface area contributed by atoms with Crippen molar-refractivity contribution in [3.8, 4) is 0 Å². The van der Waals surface area contributed by atoms with Gasteiger partial charge in [0.1, 0.15) is 11.1 Å². The quantitative estimate of drug-likeness (QED) is 0.546. The molecule has 6 heteroatoms. The molecule has 148 valence electrons. The Hall–Kier alpha value is -3.41. The largest absolute Gasteiger partial charge is 0.423 e. The van der Waals surface area contributed by atoms with Crippen LogP contribution in [-0.4, -0.2) is 16.8 Å². The first-order chi connectivity index (χ1) is 13.7. The third-order valence-electron chi connectivity index (χ3n) is 5.68. The fraction of sp³-hybridized carbons (Fsp3) is 0.261. The van der Waals surface area contributed by atoms with E-state index in [9.17, 15) is 14.4 Å². The predicted octanol–water partition coefficient (Wildman–Crippen LogP) is 3.69. The van der Waals surface area contributed by atoms with Crippen LogP contribution in [0.25, 0.3) is 11.0 Å². The lowest BCUT2D eigenvalue weighted by Gasteiger charge is -2.22. The highest BCUT2D eigenvalue weighted by atomic mass is 16.4. The molecule has 0 spiro atoms. The van der Waals surface area contributed by atoms with E-state index in [4.69, 9.17) is 4.42 Å². The molecule has 0 bridgehead atoms. The molecule has 29 heavy (non-hydrogen) atoms. The van der Waals surface area contributed by atoms with E-state index >= 15 is 0 Å². The molecule has 3 aromatic rings. The number of rotatable bonds is 3. The first-order valence-corrected chi connectivity index (χ1v) is 9.44. The van der Waals surface area contributed by atoms with Crippen molar-refractivity contribution in [3.63, 3.8) is 0 Å². The molecule has 1 aliphatic heterocycles. The lowest BCUT2D eigenvalue weighted by Crippen LogP contribution is -2.40. The molecule has 2 aromatic carbocycles. The van der Waals surface area contributed by atoms with Crippen LogP contribution in [0.4, 0.5) is 4.79 Å². The van der Waals surface area contributed by atoms with E-state index in [2.05, 4.69) is 5.32 Å². The number of fused-ring (bicyclic) bond motifs is 1.